The minimum Gasteiger partial charge on any atom is -0.303 e. The molecule has 0 radical (unpaired) electrons. The van der Waals surface area contributed by atoms with Gasteiger partial charge in [-0.05, 0) is 24.5 Å². The molecule has 0 atom stereocenters. The van der Waals surface area contributed by atoms with Crippen molar-refractivity contribution in [3.8, 4) is 0 Å². The fraction of sp³-hybridized carbons (Fsp3) is 0.462. The summed E-state index contributed by atoms with van der Waals surface area (Å²) in [7, 11) is 0. The number of nitrogens with zero attached hydrogens (tertiary/aromatic N) is 2. The molecule has 0 spiro atoms. The summed E-state index contributed by atoms with van der Waals surface area (Å²) in [6.45, 7) is 4.34. The van der Waals surface area contributed by atoms with Crippen molar-refractivity contribution in [3.63, 3.8) is 0 Å². The van der Waals surface area contributed by atoms with Crippen LogP contribution in [0.1, 0.15) is 37.4 Å². The van der Waals surface area contributed by atoms with E-state index in [1.165, 1.54) is 5.56 Å². The first kappa shape index (κ1) is 11.5. The van der Waals surface area contributed by atoms with Crippen molar-refractivity contribution >= 4 is 17.1 Å². The molecule has 0 aromatic carbocycles. The van der Waals surface area contributed by atoms with E-state index in [0.29, 0.717) is 5.88 Å². The number of aromatic nitrogens is 2. The number of halogens is 1. The fourth-order valence-electron chi connectivity index (χ4n) is 1.97. The van der Waals surface area contributed by atoms with Crippen LogP contribution in [0.25, 0.3) is 5.52 Å². The third kappa shape index (κ3) is 1.94. The molecule has 0 aliphatic rings. The maximum atomic E-state index is 5.92. The fourth-order valence-corrected chi connectivity index (χ4v) is 2.16. The summed E-state index contributed by atoms with van der Waals surface area (Å²) in [4.78, 5) is 4.60. The zero-order chi connectivity index (χ0) is 11.5. The Morgan fingerprint density at radius 3 is 2.75 bits per heavy atom. The molecule has 0 bridgehead atoms. The first-order valence-corrected chi connectivity index (χ1v) is 6.38. The largest absolute Gasteiger partial charge is 0.303 e. The molecule has 0 aliphatic heterocycles. The second-order valence-corrected chi connectivity index (χ2v) is 4.27. The number of pyridine rings is 1. The summed E-state index contributed by atoms with van der Waals surface area (Å²) in [6.07, 6.45) is 5.35. The van der Waals surface area contributed by atoms with E-state index in [0.717, 1.165) is 36.3 Å². The Labute approximate surface area is 101 Å². The van der Waals surface area contributed by atoms with Crippen LogP contribution in [0.3, 0.4) is 0 Å². The van der Waals surface area contributed by atoms with E-state index in [1.54, 1.807) is 0 Å². The Bertz CT molecular complexity index is 488. The van der Waals surface area contributed by atoms with Gasteiger partial charge in [0, 0.05) is 12.6 Å². The van der Waals surface area contributed by atoms with Gasteiger partial charge in [-0.25, -0.2) is 4.98 Å². The molecule has 0 aliphatic carbocycles. The molecule has 2 aromatic heterocycles. The van der Waals surface area contributed by atoms with E-state index in [9.17, 15) is 0 Å². The van der Waals surface area contributed by atoms with Gasteiger partial charge in [-0.15, -0.1) is 11.6 Å². The predicted molar refractivity (Wildman–Crippen MR) is 68.1 cm³/mol. The Hall–Kier alpha value is -1.02. The average molecular weight is 237 g/mol. The zero-order valence-corrected chi connectivity index (χ0v) is 10.6. The number of fused-ring (bicyclic) bond motifs is 1. The number of aryl methyl sites for hydroxylation is 2. The first-order chi connectivity index (χ1) is 7.80. The van der Waals surface area contributed by atoms with Gasteiger partial charge in [0.1, 0.15) is 5.82 Å². The molecule has 3 heteroatoms. The lowest BCUT2D eigenvalue weighted by Gasteiger charge is -2.02. The molecule has 86 valence electrons. The molecule has 2 heterocycles. The highest BCUT2D eigenvalue weighted by Crippen LogP contribution is 2.17. The van der Waals surface area contributed by atoms with Crippen LogP contribution in [-0.4, -0.2) is 9.38 Å². The van der Waals surface area contributed by atoms with Gasteiger partial charge in [0.25, 0.3) is 0 Å². The van der Waals surface area contributed by atoms with Crippen LogP contribution < -0.4 is 0 Å². The highest BCUT2D eigenvalue weighted by atomic mass is 35.5. The van der Waals surface area contributed by atoms with E-state index >= 15 is 0 Å². The lowest BCUT2D eigenvalue weighted by molar-refractivity contribution is 0.824. The quantitative estimate of drug-likeness (QED) is 0.742. The van der Waals surface area contributed by atoms with Crippen molar-refractivity contribution in [1.29, 1.82) is 0 Å². The summed E-state index contributed by atoms with van der Waals surface area (Å²) < 4.78 is 2.19. The lowest BCUT2D eigenvalue weighted by Crippen LogP contribution is -1.95. The number of imidazole rings is 1. The second kappa shape index (κ2) is 4.88. The molecule has 0 saturated heterocycles. The van der Waals surface area contributed by atoms with Gasteiger partial charge in [-0.3, -0.25) is 0 Å². The average Bonchev–Trinajstić information content (AvgIpc) is 2.67. The Morgan fingerprint density at radius 1 is 1.31 bits per heavy atom. The van der Waals surface area contributed by atoms with Crippen LogP contribution in [-0.2, 0) is 18.7 Å². The minimum absolute atomic E-state index is 0.485. The van der Waals surface area contributed by atoms with Crippen LogP contribution in [0.15, 0.2) is 18.3 Å². The SMILES string of the molecule is CCCc1nc(CCl)c2ccc(CC)cn12. The maximum Gasteiger partial charge on any atom is 0.113 e. The Balaban J connectivity index is 2.60. The third-order valence-corrected chi connectivity index (χ3v) is 3.11. The molecule has 2 rings (SSSR count). The molecule has 0 unspecified atom stereocenters. The lowest BCUT2D eigenvalue weighted by atomic mass is 10.2. The monoisotopic (exact) mass is 236 g/mol. The summed E-state index contributed by atoms with van der Waals surface area (Å²) >= 11 is 5.92. The summed E-state index contributed by atoms with van der Waals surface area (Å²) in [5, 5.41) is 0. The number of hydrogen-bond acceptors (Lipinski definition) is 1. The van der Waals surface area contributed by atoms with E-state index in [1.807, 2.05) is 0 Å². The van der Waals surface area contributed by atoms with Crippen molar-refractivity contribution in [3.05, 3.63) is 35.4 Å². The molecular weight excluding hydrogens is 220 g/mol. The van der Waals surface area contributed by atoms with Gasteiger partial charge in [0.15, 0.2) is 0 Å². The summed E-state index contributed by atoms with van der Waals surface area (Å²) in [6, 6.07) is 4.28. The van der Waals surface area contributed by atoms with Gasteiger partial charge >= 0.3 is 0 Å². The predicted octanol–water partition coefficient (Wildman–Crippen LogP) is 3.59. The van der Waals surface area contributed by atoms with E-state index < -0.39 is 0 Å². The number of alkyl halides is 1. The highest BCUT2D eigenvalue weighted by Gasteiger charge is 2.09. The normalized spacial score (nSPS) is 11.2. The molecule has 0 fully saturated rings. The smallest absolute Gasteiger partial charge is 0.113 e. The topological polar surface area (TPSA) is 17.3 Å². The first-order valence-electron chi connectivity index (χ1n) is 5.84. The molecule has 16 heavy (non-hydrogen) atoms. The van der Waals surface area contributed by atoms with Gasteiger partial charge in [0.05, 0.1) is 17.1 Å². The van der Waals surface area contributed by atoms with Crippen LogP contribution in [0.4, 0.5) is 0 Å². The summed E-state index contributed by atoms with van der Waals surface area (Å²) in [5.41, 5.74) is 3.48. The van der Waals surface area contributed by atoms with Crippen molar-refractivity contribution in [1.82, 2.24) is 9.38 Å². The van der Waals surface area contributed by atoms with Gasteiger partial charge in [-0.2, -0.15) is 0 Å². The van der Waals surface area contributed by atoms with Crippen molar-refractivity contribution in [2.75, 3.05) is 0 Å². The number of hydrogen-bond donors (Lipinski definition) is 0. The molecule has 0 saturated carbocycles. The second-order valence-electron chi connectivity index (χ2n) is 4.00. The molecule has 2 nitrogen and oxygen atoms in total. The van der Waals surface area contributed by atoms with E-state index in [4.69, 9.17) is 11.6 Å². The highest BCUT2D eigenvalue weighted by molar-refractivity contribution is 6.17. The summed E-state index contributed by atoms with van der Waals surface area (Å²) in [5.74, 6) is 1.61. The number of rotatable bonds is 4. The molecular formula is C13H17ClN2. The van der Waals surface area contributed by atoms with Crippen molar-refractivity contribution in [2.24, 2.45) is 0 Å². The van der Waals surface area contributed by atoms with Gasteiger partial charge in [-0.1, -0.05) is 19.9 Å². The van der Waals surface area contributed by atoms with Crippen molar-refractivity contribution in [2.45, 2.75) is 39.0 Å². The van der Waals surface area contributed by atoms with Gasteiger partial charge < -0.3 is 4.40 Å². The Kier molecular flexibility index (Phi) is 3.49. The maximum absolute atomic E-state index is 5.92. The van der Waals surface area contributed by atoms with Gasteiger partial charge in [0.2, 0.25) is 0 Å². The minimum atomic E-state index is 0.485. The zero-order valence-electron chi connectivity index (χ0n) is 9.83. The van der Waals surface area contributed by atoms with E-state index in [-0.39, 0.29) is 0 Å². The molecule has 2 aromatic rings. The molecule has 0 N–H and O–H groups in total. The van der Waals surface area contributed by atoms with Crippen LogP contribution in [0, 0.1) is 0 Å². The third-order valence-electron chi connectivity index (χ3n) is 2.86. The van der Waals surface area contributed by atoms with Crippen LogP contribution in [0.2, 0.25) is 0 Å². The van der Waals surface area contributed by atoms with Crippen LogP contribution >= 0.6 is 11.6 Å². The van der Waals surface area contributed by atoms with Crippen LogP contribution in [0.5, 0.6) is 0 Å². The standard InChI is InChI=1S/C13H17ClN2/c1-3-5-13-15-11(8-14)12-7-6-10(4-2)9-16(12)13/h6-7,9H,3-5,8H2,1-2H3. The van der Waals surface area contributed by atoms with Crippen molar-refractivity contribution < 1.29 is 0 Å². The Morgan fingerprint density at radius 2 is 2.12 bits per heavy atom. The molecule has 0 amide bonds. The van der Waals surface area contributed by atoms with E-state index in [2.05, 4.69) is 41.6 Å².